The first-order valence-electron chi connectivity index (χ1n) is 17.6. The van der Waals surface area contributed by atoms with Gasteiger partial charge in [-0.2, -0.15) is 8.42 Å². The summed E-state index contributed by atoms with van der Waals surface area (Å²) in [5.41, 5.74) is 0. The molecule has 0 aromatic rings. The summed E-state index contributed by atoms with van der Waals surface area (Å²) in [6.07, 6.45) is 17.5. The average Bonchev–Trinajstić information content (AvgIpc) is 2.97. The van der Waals surface area contributed by atoms with Crippen LogP contribution in [0.2, 0.25) is 0 Å². The van der Waals surface area contributed by atoms with Gasteiger partial charge in [-0.15, -0.1) is 0 Å². The predicted octanol–water partition coefficient (Wildman–Crippen LogP) is 5.13. The fourth-order valence-corrected chi connectivity index (χ4v) is 5.52. The molecule has 0 saturated heterocycles. The minimum Gasteiger partial charge on any atom is -0.463 e. The Morgan fingerprint density at radius 3 is 1.91 bits per heavy atom. The number of aliphatic hydroxyl groups excluding tert-OH is 4. The first kappa shape index (κ1) is 44.4. The molecule has 5 atom stereocenters. The van der Waals surface area contributed by atoms with Gasteiger partial charge in [0, 0.05) is 32.2 Å². The standard InChI is InChI=1S/C34H65NO10S/c1-3-4-5-13-16-19-29(36)20-17-14-11-9-7-6-8-10-12-15-18-21-34(41)45-28(2)26-31(38)32(39)27-30(37)22-23-33(40)35-24-25-46(42,43)44/h16,19,28-32,36-39H,3-15,17-18,20-27H2,1-2H3,(H,35,40)(H,42,43,44)/b19-16+/t28?,29?,30-,31+,32-/m1/s1. The van der Waals surface area contributed by atoms with E-state index in [1.807, 2.05) is 6.08 Å². The van der Waals surface area contributed by atoms with Gasteiger partial charge in [-0.05, 0) is 39.0 Å². The smallest absolute Gasteiger partial charge is 0.306 e. The quantitative estimate of drug-likeness (QED) is 0.0248. The highest BCUT2D eigenvalue weighted by atomic mass is 32.2. The van der Waals surface area contributed by atoms with Crippen molar-refractivity contribution in [2.45, 2.75) is 179 Å². The van der Waals surface area contributed by atoms with Crippen LogP contribution in [0.3, 0.4) is 0 Å². The molecule has 0 bridgehead atoms. The first-order chi connectivity index (χ1) is 21.8. The molecular formula is C34H65NO10S. The number of amides is 1. The molecular weight excluding hydrogens is 614 g/mol. The van der Waals surface area contributed by atoms with Crippen LogP contribution in [0.15, 0.2) is 12.2 Å². The summed E-state index contributed by atoms with van der Waals surface area (Å²) < 4.78 is 35.3. The number of hydrogen-bond acceptors (Lipinski definition) is 9. The van der Waals surface area contributed by atoms with Crippen LogP contribution in [-0.2, 0) is 24.4 Å². The Balaban J connectivity index is 3.75. The number of carbonyl (C=O) groups excluding carboxylic acids is 2. The molecule has 0 rings (SSSR count). The molecule has 0 saturated carbocycles. The Labute approximate surface area is 278 Å². The van der Waals surface area contributed by atoms with Gasteiger partial charge in [0.2, 0.25) is 5.91 Å². The van der Waals surface area contributed by atoms with Crippen LogP contribution < -0.4 is 5.32 Å². The molecule has 0 aliphatic heterocycles. The van der Waals surface area contributed by atoms with Crippen LogP contribution in [0.5, 0.6) is 0 Å². The summed E-state index contributed by atoms with van der Waals surface area (Å²) in [5.74, 6) is -1.46. The number of allylic oxidation sites excluding steroid dienone is 1. The summed E-state index contributed by atoms with van der Waals surface area (Å²) in [5, 5.41) is 42.8. The SMILES string of the molecule is CCCCC/C=C/C(O)CCCCCCCCCCCCCC(=O)OC(C)C[C@H](O)[C@H](O)C[C@H](O)CCC(=O)NCCS(=O)(=O)O. The van der Waals surface area contributed by atoms with Crippen molar-refractivity contribution in [3.05, 3.63) is 12.2 Å². The lowest BCUT2D eigenvalue weighted by atomic mass is 9.99. The number of aliphatic hydroxyl groups is 4. The van der Waals surface area contributed by atoms with Crippen LogP contribution in [0.1, 0.15) is 149 Å². The fourth-order valence-electron chi connectivity index (χ4n) is 5.16. The molecule has 46 heavy (non-hydrogen) atoms. The molecule has 0 aliphatic carbocycles. The third-order valence-electron chi connectivity index (χ3n) is 7.96. The molecule has 0 aliphatic rings. The second-order valence-electron chi connectivity index (χ2n) is 12.7. The van der Waals surface area contributed by atoms with E-state index in [4.69, 9.17) is 9.29 Å². The van der Waals surface area contributed by atoms with Crippen molar-refractivity contribution in [2.75, 3.05) is 12.3 Å². The highest BCUT2D eigenvalue weighted by Crippen LogP contribution is 2.16. The van der Waals surface area contributed by atoms with Crippen molar-refractivity contribution in [2.24, 2.45) is 0 Å². The van der Waals surface area contributed by atoms with Crippen LogP contribution in [0.4, 0.5) is 0 Å². The van der Waals surface area contributed by atoms with Crippen LogP contribution in [-0.4, -0.2) is 88.1 Å². The Morgan fingerprint density at radius 1 is 0.761 bits per heavy atom. The number of unbranched alkanes of at least 4 members (excludes halogenated alkanes) is 13. The van der Waals surface area contributed by atoms with Gasteiger partial charge in [-0.25, -0.2) is 0 Å². The molecule has 0 radical (unpaired) electrons. The summed E-state index contributed by atoms with van der Waals surface area (Å²) in [6.45, 7) is 3.58. The molecule has 0 fully saturated rings. The number of carbonyl (C=O) groups is 2. The van der Waals surface area contributed by atoms with Gasteiger partial charge in [0.1, 0.15) is 6.10 Å². The van der Waals surface area contributed by atoms with Gasteiger partial charge < -0.3 is 30.5 Å². The van der Waals surface area contributed by atoms with Crippen LogP contribution in [0, 0.1) is 0 Å². The third-order valence-corrected chi connectivity index (χ3v) is 8.68. The molecule has 6 N–H and O–H groups in total. The Hall–Kier alpha value is -1.57. The maximum absolute atomic E-state index is 12.2. The van der Waals surface area contributed by atoms with E-state index in [0.29, 0.717) is 6.42 Å². The maximum atomic E-state index is 12.2. The molecule has 272 valence electrons. The minimum atomic E-state index is -4.17. The van der Waals surface area contributed by atoms with Crippen molar-refractivity contribution >= 4 is 22.0 Å². The molecule has 2 unspecified atom stereocenters. The minimum absolute atomic E-state index is 0.00374. The van der Waals surface area contributed by atoms with Gasteiger partial charge in [0.15, 0.2) is 0 Å². The van der Waals surface area contributed by atoms with E-state index in [9.17, 15) is 38.4 Å². The zero-order valence-corrected chi connectivity index (χ0v) is 29.3. The first-order valence-corrected chi connectivity index (χ1v) is 19.2. The van der Waals surface area contributed by atoms with E-state index in [1.165, 1.54) is 57.8 Å². The highest BCUT2D eigenvalue weighted by Gasteiger charge is 2.24. The third kappa shape index (κ3) is 29.8. The number of hydrogen-bond donors (Lipinski definition) is 6. The molecule has 0 aromatic heterocycles. The van der Waals surface area contributed by atoms with E-state index < -0.39 is 46.2 Å². The molecule has 1 amide bonds. The van der Waals surface area contributed by atoms with Crippen molar-refractivity contribution < 1.29 is 47.7 Å². The van der Waals surface area contributed by atoms with E-state index in [-0.39, 0.29) is 44.3 Å². The van der Waals surface area contributed by atoms with Crippen LogP contribution in [0.25, 0.3) is 0 Å². The van der Waals surface area contributed by atoms with E-state index in [2.05, 4.69) is 18.3 Å². The molecule has 0 heterocycles. The van der Waals surface area contributed by atoms with Gasteiger partial charge >= 0.3 is 5.97 Å². The fraction of sp³-hybridized carbons (Fsp3) is 0.882. The van der Waals surface area contributed by atoms with Crippen molar-refractivity contribution in [1.29, 1.82) is 0 Å². The molecule has 0 spiro atoms. The molecule has 11 nitrogen and oxygen atoms in total. The monoisotopic (exact) mass is 679 g/mol. The number of esters is 1. The Bertz CT molecular complexity index is 898. The number of nitrogens with one attached hydrogen (secondary N) is 1. The lowest BCUT2D eigenvalue weighted by Crippen LogP contribution is -2.34. The second-order valence-corrected chi connectivity index (χ2v) is 14.2. The Morgan fingerprint density at radius 2 is 1.33 bits per heavy atom. The second kappa shape index (κ2) is 28.4. The largest absolute Gasteiger partial charge is 0.463 e. The van der Waals surface area contributed by atoms with Gasteiger partial charge in [0.25, 0.3) is 10.1 Å². The zero-order valence-electron chi connectivity index (χ0n) is 28.5. The topological polar surface area (TPSA) is 191 Å². The number of ether oxygens (including phenoxy) is 1. The summed E-state index contributed by atoms with van der Waals surface area (Å²) in [6, 6.07) is 0. The summed E-state index contributed by atoms with van der Waals surface area (Å²) in [4.78, 5) is 23.8. The van der Waals surface area contributed by atoms with Gasteiger partial charge in [-0.1, -0.05) is 96.1 Å². The van der Waals surface area contributed by atoms with Gasteiger partial charge in [0.05, 0.1) is 30.2 Å². The highest BCUT2D eigenvalue weighted by molar-refractivity contribution is 7.85. The number of rotatable bonds is 31. The molecule has 12 heteroatoms. The lowest BCUT2D eigenvalue weighted by molar-refractivity contribution is -0.150. The predicted molar refractivity (Wildman–Crippen MR) is 181 cm³/mol. The van der Waals surface area contributed by atoms with E-state index >= 15 is 0 Å². The average molecular weight is 680 g/mol. The summed E-state index contributed by atoms with van der Waals surface area (Å²) in [7, 11) is -4.17. The van der Waals surface area contributed by atoms with Gasteiger partial charge in [-0.3, -0.25) is 14.1 Å². The van der Waals surface area contributed by atoms with Crippen molar-refractivity contribution in [3.8, 4) is 0 Å². The van der Waals surface area contributed by atoms with E-state index in [0.717, 1.165) is 44.9 Å². The molecule has 0 aromatic carbocycles. The summed E-state index contributed by atoms with van der Waals surface area (Å²) >= 11 is 0. The maximum Gasteiger partial charge on any atom is 0.306 e. The Kier molecular flexibility index (Phi) is 27.5. The van der Waals surface area contributed by atoms with Crippen molar-refractivity contribution in [3.63, 3.8) is 0 Å². The normalized spacial score (nSPS) is 15.4. The lowest BCUT2D eigenvalue weighted by Gasteiger charge is -2.23. The van der Waals surface area contributed by atoms with Crippen molar-refractivity contribution in [1.82, 2.24) is 5.32 Å². The zero-order chi connectivity index (χ0) is 34.6. The van der Waals surface area contributed by atoms with E-state index in [1.54, 1.807) is 6.92 Å². The van der Waals surface area contributed by atoms with Crippen LogP contribution >= 0.6 is 0 Å².